The van der Waals surface area contributed by atoms with E-state index in [4.69, 9.17) is 4.42 Å². The number of para-hydroxylation sites is 1. The van der Waals surface area contributed by atoms with Crippen molar-refractivity contribution in [3.05, 3.63) is 35.8 Å². The van der Waals surface area contributed by atoms with Gasteiger partial charge in [0.25, 0.3) is 5.91 Å². The summed E-state index contributed by atoms with van der Waals surface area (Å²) >= 11 is 0. The van der Waals surface area contributed by atoms with Crippen LogP contribution >= 0.6 is 0 Å². The fourth-order valence-corrected chi connectivity index (χ4v) is 2.36. The quantitative estimate of drug-likeness (QED) is 0.857. The van der Waals surface area contributed by atoms with E-state index in [-0.39, 0.29) is 23.4 Å². The molecule has 1 N–H and O–H groups in total. The van der Waals surface area contributed by atoms with Gasteiger partial charge in [0, 0.05) is 18.5 Å². The summed E-state index contributed by atoms with van der Waals surface area (Å²) in [6.07, 6.45) is 0.804. The molecule has 1 amide bonds. The maximum Gasteiger partial charge on any atom is 0.289 e. The second-order valence-corrected chi connectivity index (χ2v) is 4.79. The molecular formula is C14H14FNO3. The first kappa shape index (κ1) is 12.2. The number of likely N-dealkylation sites (tertiary alicyclic amines) is 1. The number of aliphatic hydroxyl groups is 1. The van der Waals surface area contributed by atoms with Crippen molar-refractivity contribution in [3.63, 3.8) is 0 Å². The molecule has 0 bridgehead atoms. The lowest BCUT2D eigenvalue weighted by molar-refractivity contribution is 0.0521. The highest BCUT2D eigenvalue weighted by molar-refractivity contribution is 5.96. The average Bonchev–Trinajstić information content (AvgIpc) is 2.84. The Bertz CT molecular complexity index is 614. The number of fused-ring (bicyclic) bond motifs is 1. The summed E-state index contributed by atoms with van der Waals surface area (Å²) in [7, 11) is 0. The number of amides is 1. The second-order valence-electron chi connectivity index (χ2n) is 4.79. The first-order valence-corrected chi connectivity index (χ1v) is 6.30. The monoisotopic (exact) mass is 263 g/mol. The van der Waals surface area contributed by atoms with Crippen LogP contribution in [0.2, 0.25) is 0 Å². The van der Waals surface area contributed by atoms with E-state index >= 15 is 0 Å². The zero-order chi connectivity index (χ0) is 13.4. The molecule has 19 heavy (non-hydrogen) atoms. The number of hydrogen-bond donors (Lipinski definition) is 1. The Balaban J connectivity index is 1.87. The van der Waals surface area contributed by atoms with E-state index in [9.17, 15) is 14.3 Å². The van der Waals surface area contributed by atoms with Gasteiger partial charge in [0.15, 0.2) is 17.2 Å². The molecule has 5 heteroatoms. The van der Waals surface area contributed by atoms with Crippen LogP contribution in [0.25, 0.3) is 11.0 Å². The summed E-state index contributed by atoms with van der Waals surface area (Å²) in [6.45, 7) is 0.999. The number of piperidine rings is 1. The van der Waals surface area contributed by atoms with Gasteiger partial charge in [0.2, 0.25) is 0 Å². The number of furan rings is 1. The number of carbonyl (C=O) groups excluding carboxylic acids is 1. The number of aliphatic hydroxyl groups excluding tert-OH is 1. The van der Waals surface area contributed by atoms with Gasteiger partial charge in [-0.2, -0.15) is 0 Å². The van der Waals surface area contributed by atoms with Crippen LogP contribution in [-0.2, 0) is 0 Å². The third kappa shape index (κ3) is 2.21. The molecule has 1 fully saturated rings. The van der Waals surface area contributed by atoms with Gasteiger partial charge in [-0.25, -0.2) is 4.39 Å². The Morgan fingerprint density at radius 1 is 1.37 bits per heavy atom. The van der Waals surface area contributed by atoms with Gasteiger partial charge in [0.1, 0.15) is 0 Å². The van der Waals surface area contributed by atoms with E-state index in [0.717, 1.165) is 0 Å². The van der Waals surface area contributed by atoms with Gasteiger partial charge in [0.05, 0.1) is 6.10 Å². The number of nitrogens with zero attached hydrogens (tertiary/aromatic N) is 1. The highest BCUT2D eigenvalue weighted by Crippen LogP contribution is 2.24. The Morgan fingerprint density at radius 2 is 2.11 bits per heavy atom. The third-order valence-electron chi connectivity index (χ3n) is 3.46. The highest BCUT2D eigenvalue weighted by Gasteiger charge is 2.25. The molecule has 0 atom stereocenters. The molecule has 100 valence electrons. The topological polar surface area (TPSA) is 53.7 Å². The van der Waals surface area contributed by atoms with Crippen LogP contribution in [0.1, 0.15) is 23.4 Å². The zero-order valence-corrected chi connectivity index (χ0v) is 10.3. The van der Waals surface area contributed by atoms with Crippen LogP contribution in [0.15, 0.2) is 28.7 Å². The van der Waals surface area contributed by atoms with Crippen LogP contribution in [0.5, 0.6) is 0 Å². The van der Waals surface area contributed by atoms with E-state index in [0.29, 0.717) is 31.3 Å². The van der Waals surface area contributed by atoms with Crippen LogP contribution in [0, 0.1) is 5.82 Å². The number of hydrogen-bond acceptors (Lipinski definition) is 3. The molecule has 1 aliphatic rings. The van der Waals surface area contributed by atoms with E-state index < -0.39 is 5.82 Å². The zero-order valence-electron chi connectivity index (χ0n) is 10.3. The van der Waals surface area contributed by atoms with Crippen molar-refractivity contribution in [1.29, 1.82) is 0 Å². The van der Waals surface area contributed by atoms with Crippen LogP contribution in [0.3, 0.4) is 0 Å². The molecule has 1 aromatic heterocycles. The van der Waals surface area contributed by atoms with Gasteiger partial charge in [-0.1, -0.05) is 12.1 Å². The molecule has 0 unspecified atom stereocenters. The lowest BCUT2D eigenvalue weighted by Crippen LogP contribution is -2.39. The first-order valence-electron chi connectivity index (χ1n) is 6.30. The summed E-state index contributed by atoms with van der Waals surface area (Å²) in [5.74, 6) is -0.565. The minimum absolute atomic E-state index is 0.114. The maximum absolute atomic E-state index is 13.5. The van der Waals surface area contributed by atoms with Crippen LogP contribution < -0.4 is 0 Å². The van der Waals surface area contributed by atoms with Crippen molar-refractivity contribution >= 4 is 16.9 Å². The van der Waals surface area contributed by atoms with Gasteiger partial charge in [-0.3, -0.25) is 4.79 Å². The van der Waals surface area contributed by atoms with Crippen molar-refractivity contribution in [2.75, 3.05) is 13.1 Å². The van der Waals surface area contributed by atoms with Gasteiger partial charge in [-0.15, -0.1) is 0 Å². The second kappa shape index (κ2) is 4.66. The molecule has 4 nitrogen and oxygen atoms in total. The SMILES string of the molecule is O=C(c1cc2cccc(F)c2o1)N1CCC(O)CC1. The minimum atomic E-state index is -0.467. The Labute approximate surface area is 109 Å². The fraction of sp³-hybridized carbons (Fsp3) is 0.357. The third-order valence-corrected chi connectivity index (χ3v) is 3.46. The number of benzene rings is 1. The summed E-state index contributed by atoms with van der Waals surface area (Å²) in [5.41, 5.74) is 0.114. The molecule has 1 saturated heterocycles. The van der Waals surface area contributed by atoms with E-state index in [1.165, 1.54) is 6.07 Å². The van der Waals surface area contributed by atoms with Gasteiger partial charge < -0.3 is 14.4 Å². The molecular weight excluding hydrogens is 249 g/mol. The van der Waals surface area contributed by atoms with Crippen molar-refractivity contribution < 1.29 is 18.7 Å². The fourth-order valence-electron chi connectivity index (χ4n) is 2.36. The number of rotatable bonds is 1. The predicted octanol–water partition coefficient (Wildman–Crippen LogP) is 2.17. The summed E-state index contributed by atoms with van der Waals surface area (Å²) in [4.78, 5) is 13.8. The van der Waals surface area contributed by atoms with Crippen molar-refractivity contribution in [3.8, 4) is 0 Å². The lowest BCUT2D eigenvalue weighted by Gasteiger charge is -2.28. The Kier molecular flexibility index (Phi) is 2.98. The van der Waals surface area contributed by atoms with Crippen LogP contribution in [-0.4, -0.2) is 35.1 Å². The summed E-state index contributed by atoms with van der Waals surface area (Å²) < 4.78 is 18.8. The summed E-state index contributed by atoms with van der Waals surface area (Å²) in [5, 5.41) is 10.0. The first-order chi connectivity index (χ1) is 9.15. The van der Waals surface area contributed by atoms with E-state index in [2.05, 4.69) is 0 Å². The molecule has 1 aromatic carbocycles. The lowest BCUT2D eigenvalue weighted by atomic mass is 10.1. The molecule has 2 aromatic rings. The average molecular weight is 263 g/mol. The minimum Gasteiger partial charge on any atom is -0.448 e. The smallest absolute Gasteiger partial charge is 0.289 e. The molecule has 0 spiro atoms. The molecule has 0 aliphatic carbocycles. The van der Waals surface area contributed by atoms with Gasteiger partial charge >= 0.3 is 0 Å². The summed E-state index contributed by atoms with van der Waals surface area (Å²) in [6, 6.07) is 6.15. The Morgan fingerprint density at radius 3 is 2.79 bits per heavy atom. The molecule has 0 radical (unpaired) electrons. The van der Waals surface area contributed by atoms with Gasteiger partial charge in [-0.05, 0) is 25.0 Å². The number of carbonyl (C=O) groups is 1. The van der Waals surface area contributed by atoms with Crippen LogP contribution in [0.4, 0.5) is 4.39 Å². The predicted molar refractivity (Wildman–Crippen MR) is 67.3 cm³/mol. The standard InChI is InChI=1S/C14H14FNO3/c15-11-3-1-2-9-8-12(19-13(9)11)14(18)16-6-4-10(17)5-7-16/h1-3,8,10,17H,4-7H2. The van der Waals surface area contributed by atoms with Crippen molar-refractivity contribution in [2.45, 2.75) is 18.9 Å². The molecule has 3 rings (SSSR count). The van der Waals surface area contributed by atoms with Crippen molar-refractivity contribution in [1.82, 2.24) is 4.90 Å². The molecule has 2 heterocycles. The largest absolute Gasteiger partial charge is 0.448 e. The molecule has 0 saturated carbocycles. The van der Waals surface area contributed by atoms with E-state index in [1.807, 2.05) is 0 Å². The highest BCUT2D eigenvalue weighted by atomic mass is 19.1. The number of halogens is 1. The van der Waals surface area contributed by atoms with E-state index in [1.54, 1.807) is 23.1 Å². The van der Waals surface area contributed by atoms with Crippen molar-refractivity contribution in [2.24, 2.45) is 0 Å². The maximum atomic E-state index is 13.5. The Hall–Kier alpha value is -1.88. The normalized spacial score (nSPS) is 17.1. The molecule has 1 aliphatic heterocycles.